The first kappa shape index (κ1) is 17.9. The maximum atomic E-state index is 12.5. The number of benzene rings is 1. The molecular weight excluding hydrogens is 334 g/mol. The summed E-state index contributed by atoms with van der Waals surface area (Å²) in [7, 11) is 5.84. The minimum absolute atomic E-state index is 0.0878. The average molecular weight is 359 g/mol. The molecule has 0 bridgehead atoms. The van der Waals surface area contributed by atoms with Crippen molar-refractivity contribution in [1.82, 2.24) is 15.2 Å². The first-order valence-electron chi connectivity index (χ1n) is 8.60. The van der Waals surface area contributed by atoms with E-state index in [2.05, 4.69) is 29.3 Å². The number of carbonyl (C=O) groups excluding carboxylic acids is 1. The Morgan fingerprint density at radius 1 is 1.28 bits per heavy atom. The van der Waals surface area contributed by atoms with Crippen LogP contribution in [0.3, 0.4) is 0 Å². The quantitative estimate of drug-likeness (QED) is 0.859. The van der Waals surface area contributed by atoms with Crippen molar-refractivity contribution < 1.29 is 9.53 Å². The molecule has 134 valence electrons. The SMILES string of the molecule is COc1ccc(-c2nc(C(=O)NCC3(N(C)C)CCCC3)cs2)cc1. The zero-order valence-corrected chi connectivity index (χ0v) is 15.9. The molecule has 25 heavy (non-hydrogen) atoms. The van der Waals surface area contributed by atoms with Crippen molar-refractivity contribution in [2.24, 2.45) is 0 Å². The van der Waals surface area contributed by atoms with Crippen molar-refractivity contribution in [2.75, 3.05) is 27.7 Å². The molecule has 0 aliphatic heterocycles. The Morgan fingerprint density at radius 3 is 2.56 bits per heavy atom. The van der Waals surface area contributed by atoms with Crippen LogP contribution in [0.1, 0.15) is 36.2 Å². The topological polar surface area (TPSA) is 54.5 Å². The Kier molecular flexibility index (Phi) is 5.39. The molecule has 0 unspecified atom stereocenters. The monoisotopic (exact) mass is 359 g/mol. The number of rotatable bonds is 6. The van der Waals surface area contributed by atoms with Crippen molar-refractivity contribution >= 4 is 17.2 Å². The van der Waals surface area contributed by atoms with Crippen LogP contribution < -0.4 is 10.1 Å². The molecule has 1 amide bonds. The van der Waals surface area contributed by atoms with Gasteiger partial charge in [-0.1, -0.05) is 12.8 Å². The van der Waals surface area contributed by atoms with E-state index in [-0.39, 0.29) is 11.4 Å². The lowest BCUT2D eigenvalue weighted by atomic mass is 9.96. The van der Waals surface area contributed by atoms with E-state index in [1.807, 2.05) is 29.6 Å². The number of nitrogens with zero attached hydrogens (tertiary/aromatic N) is 2. The third-order valence-corrected chi connectivity index (χ3v) is 6.03. The van der Waals surface area contributed by atoms with Gasteiger partial charge < -0.3 is 15.0 Å². The molecule has 0 atom stereocenters. The highest BCUT2D eigenvalue weighted by Gasteiger charge is 2.36. The van der Waals surface area contributed by atoms with E-state index in [0.717, 1.165) is 29.2 Å². The van der Waals surface area contributed by atoms with Crippen LogP contribution in [0.25, 0.3) is 10.6 Å². The molecule has 1 aliphatic rings. The number of aromatic nitrogens is 1. The van der Waals surface area contributed by atoms with Gasteiger partial charge >= 0.3 is 0 Å². The third-order valence-electron chi connectivity index (χ3n) is 5.13. The van der Waals surface area contributed by atoms with Gasteiger partial charge in [-0.25, -0.2) is 4.98 Å². The van der Waals surface area contributed by atoms with Crippen molar-refractivity contribution in [2.45, 2.75) is 31.2 Å². The van der Waals surface area contributed by atoms with Gasteiger partial charge in [0.2, 0.25) is 0 Å². The molecule has 0 spiro atoms. The number of hydrogen-bond donors (Lipinski definition) is 1. The average Bonchev–Trinajstić information content (AvgIpc) is 3.30. The van der Waals surface area contributed by atoms with E-state index in [4.69, 9.17) is 4.74 Å². The van der Waals surface area contributed by atoms with Gasteiger partial charge in [0.15, 0.2) is 0 Å². The zero-order chi connectivity index (χ0) is 17.9. The number of carbonyl (C=O) groups is 1. The van der Waals surface area contributed by atoms with Crippen LogP contribution in [0.15, 0.2) is 29.6 Å². The highest BCUT2D eigenvalue weighted by molar-refractivity contribution is 7.13. The van der Waals surface area contributed by atoms with Gasteiger partial charge in [0.25, 0.3) is 5.91 Å². The van der Waals surface area contributed by atoms with Crippen LogP contribution in [0.5, 0.6) is 5.75 Å². The Balaban J connectivity index is 1.66. The summed E-state index contributed by atoms with van der Waals surface area (Å²) in [6.45, 7) is 0.675. The molecule has 2 aromatic rings. The van der Waals surface area contributed by atoms with E-state index < -0.39 is 0 Å². The molecule has 5 nitrogen and oxygen atoms in total. The van der Waals surface area contributed by atoms with E-state index >= 15 is 0 Å². The fraction of sp³-hybridized carbons (Fsp3) is 0.474. The maximum Gasteiger partial charge on any atom is 0.270 e. The van der Waals surface area contributed by atoms with E-state index in [1.54, 1.807) is 7.11 Å². The minimum atomic E-state index is -0.0934. The van der Waals surface area contributed by atoms with Crippen LogP contribution in [-0.4, -0.2) is 49.1 Å². The number of nitrogens with one attached hydrogen (secondary N) is 1. The summed E-state index contributed by atoms with van der Waals surface area (Å²) in [5.74, 6) is 0.716. The molecule has 1 N–H and O–H groups in total. The molecular formula is C19H25N3O2S. The summed E-state index contributed by atoms with van der Waals surface area (Å²) in [5, 5.41) is 5.76. The Hall–Kier alpha value is -1.92. The Bertz CT molecular complexity index is 719. The van der Waals surface area contributed by atoms with Gasteiger partial charge in [-0.15, -0.1) is 11.3 Å². The molecule has 1 aromatic carbocycles. The second-order valence-corrected chi connectivity index (χ2v) is 7.63. The molecule has 0 saturated heterocycles. The smallest absolute Gasteiger partial charge is 0.270 e. The van der Waals surface area contributed by atoms with Gasteiger partial charge in [-0.2, -0.15) is 0 Å². The zero-order valence-electron chi connectivity index (χ0n) is 15.0. The molecule has 1 saturated carbocycles. The number of hydrogen-bond acceptors (Lipinski definition) is 5. The number of amides is 1. The Labute approximate surface area is 153 Å². The fourth-order valence-corrected chi connectivity index (χ4v) is 4.20. The minimum Gasteiger partial charge on any atom is -0.497 e. The molecule has 0 radical (unpaired) electrons. The van der Waals surface area contributed by atoms with Crippen molar-refractivity contribution in [3.05, 3.63) is 35.3 Å². The first-order valence-corrected chi connectivity index (χ1v) is 9.48. The molecule has 1 fully saturated rings. The van der Waals surface area contributed by atoms with Gasteiger partial charge in [0.1, 0.15) is 16.5 Å². The van der Waals surface area contributed by atoms with Gasteiger partial charge in [-0.3, -0.25) is 4.79 Å². The van der Waals surface area contributed by atoms with E-state index in [9.17, 15) is 4.79 Å². The van der Waals surface area contributed by atoms with Crippen molar-refractivity contribution in [1.29, 1.82) is 0 Å². The van der Waals surface area contributed by atoms with Crippen LogP contribution in [0, 0.1) is 0 Å². The summed E-state index contributed by atoms with van der Waals surface area (Å²) in [6.07, 6.45) is 4.72. The predicted molar refractivity (Wildman–Crippen MR) is 101 cm³/mol. The maximum absolute atomic E-state index is 12.5. The van der Waals surface area contributed by atoms with Crippen LogP contribution in [0.4, 0.5) is 0 Å². The summed E-state index contributed by atoms with van der Waals surface area (Å²) < 4.78 is 5.17. The van der Waals surface area contributed by atoms with E-state index in [1.165, 1.54) is 24.2 Å². The summed E-state index contributed by atoms with van der Waals surface area (Å²) in [6, 6.07) is 7.71. The lowest BCUT2D eigenvalue weighted by molar-refractivity contribution is 0.0896. The number of thiazole rings is 1. The van der Waals surface area contributed by atoms with Crippen molar-refractivity contribution in [3.63, 3.8) is 0 Å². The normalized spacial score (nSPS) is 16.2. The van der Waals surface area contributed by atoms with Crippen LogP contribution in [0.2, 0.25) is 0 Å². The molecule has 1 aromatic heterocycles. The van der Waals surface area contributed by atoms with Crippen molar-refractivity contribution in [3.8, 4) is 16.3 Å². The second kappa shape index (κ2) is 7.54. The third kappa shape index (κ3) is 3.85. The Morgan fingerprint density at radius 2 is 1.96 bits per heavy atom. The molecule has 6 heteroatoms. The largest absolute Gasteiger partial charge is 0.497 e. The lowest BCUT2D eigenvalue weighted by Crippen LogP contribution is -2.50. The second-order valence-electron chi connectivity index (χ2n) is 6.77. The number of ether oxygens (including phenoxy) is 1. The highest BCUT2D eigenvalue weighted by Crippen LogP contribution is 2.33. The highest BCUT2D eigenvalue weighted by atomic mass is 32.1. The molecule has 1 aliphatic carbocycles. The molecule has 1 heterocycles. The standard InChI is InChI=1S/C19H25N3O2S/c1-22(2)19(10-4-5-11-19)13-20-17(23)16-12-25-18(21-16)14-6-8-15(24-3)9-7-14/h6-9,12H,4-5,10-11,13H2,1-3H3,(H,20,23). The van der Waals surface area contributed by atoms with Gasteiger partial charge in [-0.05, 0) is 51.2 Å². The summed E-state index contributed by atoms with van der Waals surface area (Å²) >= 11 is 1.48. The summed E-state index contributed by atoms with van der Waals surface area (Å²) in [4.78, 5) is 19.3. The number of methoxy groups -OCH3 is 1. The summed E-state index contributed by atoms with van der Waals surface area (Å²) in [5.41, 5.74) is 1.57. The lowest BCUT2D eigenvalue weighted by Gasteiger charge is -2.36. The fourth-order valence-electron chi connectivity index (χ4n) is 3.39. The van der Waals surface area contributed by atoms with Gasteiger partial charge in [0, 0.05) is 23.0 Å². The van der Waals surface area contributed by atoms with Crippen LogP contribution in [-0.2, 0) is 0 Å². The van der Waals surface area contributed by atoms with Gasteiger partial charge in [0.05, 0.1) is 7.11 Å². The number of likely N-dealkylation sites (N-methyl/N-ethyl adjacent to an activating group) is 1. The first-order chi connectivity index (χ1) is 12.0. The van der Waals surface area contributed by atoms with E-state index in [0.29, 0.717) is 12.2 Å². The van der Waals surface area contributed by atoms with Crippen LogP contribution >= 0.6 is 11.3 Å². The predicted octanol–water partition coefficient (Wildman–Crippen LogP) is 3.42. The molecule has 3 rings (SSSR count).